The quantitative estimate of drug-likeness (QED) is 0.455. The highest BCUT2D eigenvalue weighted by Crippen LogP contribution is 2.23. The largest absolute Gasteiger partial charge is 0.467 e. The summed E-state index contributed by atoms with van der Waals surface area (Å²) < 4.78 is 5.61. The zero-order valence-electron chi connectivity index (χ0n) is 16.3. The minimum absolute atomic E-state index is 0.126. The first kappa shape index (κ1) is 19.2. The van der Waals surface area contributed by atoms with E-state index in [2.05, 4.69) is 20.6 Å². The predicted octanol–water partition coefficient (Wildman–Crippen LogP) is 3.99. The number of H-pyrrole nitrogens is 1. The van der Waals surface area contributed by atoms with Gasteiger partial charge in [-0.25, -0.2) is 4.98 Å². The maximum absolute atomic E-state index is 12.8. The molecule has 0 aliphatic heterocycles. The number of amides is 1. The number of aromatic amines is 1. The third-order valence-electron chi connectivity index (χ3n) is 4.36. The lowest BCUT2D eigenvalue weighted by molar-refractivity contribution is -0.118. The Morgan fingerprint density at radius 3 is 2.37 bits per heavy atom. The zero-order chi connectivity index (χ0) is 20.9. The molecule has 4 aromatic rings. The van der Waals surface area contributed by atoms with Crippen LogP contribution in [0.5, 0.6) is 5.88 Å². The number of nitrogens with one attached hydrogen (secondary N) is 3. The Labute approximate surface area is 172 Å². The summed E-state index contributed by atoms with van der Waals surface area (Å²) in [5.41, 5.74) is 2.50. The summed E-state index contributed by atoms with van der Waals surface area (Å²) in [6.07, 6.45) is 0. The molecule has 0 aliphatic carbocycles. The molecule has 7 heteroatoms. The van der Waals surface area contributed by atoms with E-state index >= 15 is 0 Å². The number of carbonyl (C=O) groups is 1. The van der Waals surface area contributed by atoms with Crippen LogP contribution in [-0.2, 0) is 4.79 Å². The molecule has 0 atom stereocenters. The highest BCUT2D eigenvalue weighted by molar-refractivity contribution is 5.92. The van der Waals surface area contributed by atoms with Crippen molar-refractivity contribution in [1.29, 1.82) is 0 Å². The van der Waals surface area contributed by atoms with Gasteiger partial charge in [-0.3, -0.25) is 9.59 Å². The van der Waals surface area contributed by atoms with E-state index in [4.69, 9.17) is 4.74 Å². The number of ether oxygens (including phenoxy) is 1. The van der Waals surface area contributed by atoms with Crippen molar-refractivity contribution in [2.24, 2.45) is 0 Å². The number of anilines is 3. The van der Waals surface area contributed by atoms with Crippen LogP contribution < -0.4 is 20.8 Å². The van der Waals surface area contributed by atoms with E-state index in [-0.39, 0.29) is 23.8 Å². The fourth-order valence-electron chi connectivity index (χ4n) is 3.07. The van der Waals surface area contributed by atoms with Crippen LogP contribution in [0.3, 0.4) is 0 Å². The lowest BCUT2D eigenvalue weighted by Crippen LogP contribution is -2.21. The van der Waals surface area contributed by atoms with E-state index in [1.807, 2.05) is 48.5 Å². The number of carbonyl (C=O) groups excluding carboxylic acids is 1. The molecule has 2 heterocycles. The summed E-state index contributed by atoms with van der Waals surface area (Å²) in [4.78, 5) is 32.5. The van der Waals surface area contributed by atoms with Crippen LogP contribution in [0.1, 0.15) is 5.69 Å². The second kappa shape index (κ2) is 8.48. The van der Waals surface area contributed by atoms with E-state index in [1.165, 1.54) is 6.07 Å². The number of pyridine rings is 2. The molecule has 2 aromatic heterocycles. The third kappa shape index (κ3) is 4.47. The Morgan fingerprint density at radius 1 is 1.00 bits per heavy atom. The van der Waals surface area contributed by atoms with E-state index in [9.17, 15) is 9.59 Å². The summed E-state index contributed by atoms with van der Waals surface area (Å²) >= 11 is 0. The van der Waals surface area contributed by atoms with Crippen molar-refractivity contribution in [2.45, 2.75) is 6.92 Å². The molecule has 0 aliphatic rings. The van der Waals surface area contributed by atoms with E-state index in [0.717, 1.165) is 5.69 Å². The molecule has 0 radical (unpaired) electrons. The molecular weight excluding hydrogens is 380 g/mol. The van der Waals surface area contributed by atoms with Gasteiger partial charge in [0, 0.05) is 23.1 Å². The summed E-state index contributed by atoms with van der Waals surface area (Å²) in [7, 11) is 0. The van der Waals surface area contributed by atoms with Gasteiger partial charge in [0.05, 0.1) is 5.52 Å². The number of fused-ring (bicyclic) bond motifs is 1. The van der Waals surface area contributed by atoms with Gasteiger partial charge in [-0.15, -0.1) is 0 Å². The van der Waals surface area contributed by atoms with Crippen LogP contribution in [0.2, 0.25) is 0 Å². The van der Waals surface area contributed by atoms with Crippen molar-refractivity contribution >= 4 is 34.0 Å². The fraction of sp³-hybridized carbons (Fsp3) is 0.0870. The van der Waals surface area contributed by atoms with Crippen molar-refractivity contribution in [3.05, 3.63) is 88.7 Å². The van der Waals surface area contributed by atoms with Crippen molar-refractivity contribution in [3.8, 4) is 5.88 Å². The average Bonchev–Trinajstić information content (AvgIpc) is 2.73. The van der Waals surface area contributed by atoms with E-state index < -0.39 is 0 Å². The lowest BCUT2D eigenvalue weighted by Gasteiger charge is -2.12. The molecule has 0 bridgehead atoms. The van der Waals surface area contributed by atoms with Crippen LogP contribution in [-0.4, -0.2) is 22.5 Å². The maximum atomic E-state index is 12.8. The van der Waals surface area contributed by atoms with Crippen LogP contribution >= 0.6 is 0 Å². The average molecular weight is 400 g/mol. The first-order chi connectivity index (χ1) is 14.6. The number of benzene rings is 2. The molecule has 0 saturated carbocycles. The van der Waals surface area contributed by atoms with Crippen LogP contribution in [0.4, 0.5) is 17.2 Å². The van der Waals surface area contributed by atoms with Gasteiger partial charge in [0.1, 0.15) is 11.2 Å². The minimum atomic E-state index is -0.337. The second-order valence-electron chi connectivity index (χ2n) is 6.73. The van der Waals surface area contributed by atoms with Gasteiger partial charge in [-0.05, 0) is 37.3 Å². The molecule has 150 valence electrons. The molecule has 0 fully saturated rings. The van der Waals surface area contributed by atoms with Crippen molar-refractivity contribution in [1.82, 2.24) is 9.97 Å². The Kier molecular flexibility index (Phi) is 5.43. The molecule has 3 N–H and O–H groups in total. The van der Waals surface area contributed by atoms with Gasteiger partial charge in [0.25, 0.3) is 5.91 Å². The van der Waals surface area contributed by atoms with Crippen LogP contribution in [0.25, 0.3) is 10.9 Å². The number of aromatic nitrogens is 2. The molecule has 30 heavy (non-hydrogen) atoms. The summed E-state index contributed by atoms with van der Waals surface area (Å²) in [5, 5.41) is 6.21. The fourth-order valence-corrected chi connectivity index (χ4v) is 3.07. The second-order valence-corrected chi connectivity index (χ2v) is 6.73. The molecule has 0 saturated heterocycles. The van der Waals surface area contributed by atoms with Gasteiger partial charge in [0.15, 0.2) is 12.0 Å². The number of hydrogen-bond donors (Lipinski definition) is 3. The standard InChI is InChI=1S/C23H20N4O3/c1-15-12-18-22(19(28)13-20(27-18)25-16-8-4-2-5-9-16)23(24-15)30-14-21(29)26-17-10-6-3-7-11-17/h2-13H,14H2,1H3,(H,26,29)(H2,25,27,28). The first-order valence-electron chi connectivity index (χ1n) is 9.43. The van der Waals surface area contributed by atoms with Gasteiger partial charge in [0.2, 0.25) is 5.88 Å². The summed E-state index contributed by atoms with van der Waals surface area (Å²) in [5.74, 6) is 0.342. The normalized spacial score (nSPS) is 10.6. The van der Waals surface area contributed by atoms with Gasteiger partial charge >= 0.3 is 0 Å². The van der Waals surface area contributed by atoms with Crippen molar-refractivity contribution in [3.63, 3.8) is 0 Å². The minimum Gasteiger partial charge on any atom is -0.467 e. The van der Waals surface area contributed by atoms with Crippen molar-refractivity contribution < 1.29 is 9.53 Å². The Morgan fingerprint density at radius 2 is 1.67 bits per heavy atom. The monoisotopic (exact) mass is 400 g/mol. The Hall–Kier alpha value is -4.13. The predicted molar refractivity (Wildman–Crippen MR) is 117 cm³/mol. The van der Waals surface area contributed by atoms with Crippen LogP contribution in [0, 0.1) is 6.92 Å². The SMILES string of the molecule is Cc1cc2[nH]c(Nc3ccccc3)cc(=O)c2c(OCC(=O)Nc2ccccc2)n1. The van der Waals surface area contributed by atoms with Gasteiger partial charge in [-0.2, -0.15) is 0 Å². The van der Waals surface area contributed by atoms with E-state index in [0.29, 0.717) is 28.1 Å². The first-order valence-corrected chi connectivity index (χ1v) is 9.43. The van der Waals surface area contributed by atoms with Gasteiger partial charge < -0.3 is 20.4 Å². The molecule has 2 aromatic carbocycles. The molecule has 0 unspecified atom stereocenters. The molecule has 0 spiro atoms. The number of para-hydroxylation sites is 2. The molecular formula is C23H20N4O3. The Balaban J connectivity index is 1.57. The molecule has 7 nitrogen and oxygen atoms in total. The van der Waals surface area contributed by atoms with Crippen molar-refractivity contribution in [2.75, 3.05) is 17.2 Å². The third-order valence-corrected chi connectivity index (χ3v) is 4.36. The molecule has 4 rings (SSSR count). The Bertz CT molecular complexity index is 1240. The van der Waals surface area contributed by atoms with Gasteiger partial charge in [-0.1, -0.05) is 36.4 Å². The topological polar surface area (TPSA) is 96.1 Å². The zero-order valence-corrected chi connectivity index (χ0v) is 16.3. The summed E-state index contributed by atoms with van der Waals surface area (Å²) in [6, 6.07) is 21.8. The highest BCUT2D eigenvalue weighted by atomic mass is 16.5. The number of rotatable bonds is 6. The lowest BCUT2D eigenvalue weighted by atomic mass is 10.2. The van der Waals surface area contributed by atoms with E-state index in [1.54, 1.807) is 25.1 Å². The highest BCUT2D eigenvalue weighted by Gasteiger charge is 2.13. The number of hydrogen-bond acceptors (Lipinski definition) is 5. The maximum Gasteiger partial charge on any atom is 0.262 e. The smallest absolute Gasteiger partial charge is 0.262 e. The summed E-state index contributed by atoms with van der Waals surface area (Å²) in [6.45, 7) is 1.54. The number of nitrogens with zero attached hydrogens (tertiary/aromatic N) is 1. The number of aryl methyl sites for hydroxylation is 1. The molecule has 1 amide bonds. The van der Waals surface area contributed by atoms with Crippen LogP contribution in [0.15, 0.2) is 77.6 Å².